The van der Waals surface area contributed by atoms with Crippen LogP contribution < -0.4 is 0 Å². The van der Waals surface area contributed by atoms with Crippen molar-refractivity contribution in [2.75, 3.05) is 6.61 Å². The zero-order valence-electron chi connectivity index (χ0n) is 12.9. The van der Waals surface area contributed by atoms with Gasteiger partial charge >= 0.3 is 6.09 Å². The lowest BCUT2D eigenvalue weighted by atomic mass is 9.94. The van der Waals surface area contributed by atoms with Crippen molar-refractivity contribution in [1.29, 1.82) is 0 Å². The molecule has 1 aliphatic heterocycles. The number of rotatable bonds is 5. The number of amides is 2. The van der Waals surface area contributed by atoms with E-state index in [1.165, 1.54) is 4.90 Å². The van der Waals surface area contributed by atoms with Crippen molar-refractivity contribution in [2.24, 2.45) is 11.8 Å². The molecular formula is C17H23NO3. The van der Waals surface area contributed by atoms with E-state index < -0.39 is 6.09 Å². The van der Waals surface area contributed by atoms with E-state index in [1.54, 1.807) is 0 Å². The molecule has 0 saturated carbocycles. The van der Waals surface area contributed by atoms with Gasteiger partial charge in [0.2, 0.25) is 5.91 Å². The number of carbonyl (C=O) groups is 2. The van der Waals surface area contributed by atoms with E-state index in [9.17, 15) is 9.59 Å². The molecule has 0 unspecified atom stereocenters. The van der Waals surface area contributed by atoms with Crippen molar-refractivity contribution < 1.29 is 14.3 Å². The first kappa shape index (κ1) is 15.5. The van der Waals surface area contributed by atoms with Gasteiger partial charge in [0.25, 0.3) is 0 Å². The van der Waals surface area contributed by atoms with Crippen molar-refractivity contribution in [3.8, 4) is 0 Å². The third-order valence-corrected chi connectivity index (χ3v) is 4.08. The van der Waals surface area contributed by atoms with Gasteiger partial charge < -0.3 is 4.74 Å². The maximum atomic E-state index is 12.7. The van der Waals surface area contributed by atoms with E-state index in [0.717, 1.165) is 5.56 Å². The van der Waals surface area contributed by atoms with E-state index in [-0.39, 0.29) is 23.8 Å². The molecule has 4 heteroatoms. The molecule has 0 bridgehead atoms. The molecule has 0 spiro atoms. The zero-order valence-corrected chi connectivity index (χ0v) is 12.9. The first-order valence-electron chi connectivity index (χ1n) is 7.58. The Kier molecular flexibility index (Phi) is 4.99. The molecule has 0 aliphatic carbocycles. The quantitative estimate of drug-likeness (QED) is 0.836. The van der Waals surface area contributed by atoms with Crippen molar-refractivity contribution >= 4 is 12.0 Å². The maximum absolute atomic E-state index is 12.7. The fourth-order valence-electron chi connectivity index (χ4n) is 2.68. The highest BCUT2D eigenvalue weighted by atomic mass is 16.6. The highest BCUT2D eigenvalue weighted by Crippen LogP contribution is 2.24. The predicted molar refractivity (Wildman–Crippen MR) is 80.7 cm³/mol. The molecule has 1 aromatic carbocycles. The molecule has 1 aliphatic rings. The number of carbonyl (C=O) groups excluding carboxylic acids is 2. The Morgan fingerprint density at radius 3 is 2.57 bits per heavy atom. The second-order valence-corrected chi connectivity index (χ2v) is 5.89. The number of hydrogen-bond donors (Lipinski definition) is 0. The third-order valence-electron chi connectivity index (χ3n) is 4.08. The van der Waals surface area contributed by atoms with Gasteiger partial charge in [-0.15, -0.1) is 0 Å². The summed E-state index contributed by atoms with van der Waals surface area (Å²) in [5.41, 5.74) is 1.12. The molecule has 4 nitrogen and oxygen atoms in total. The van der Waals surface area contributed by atoms with Gasteiger partial charge in [0.15, 0.2) is 0 Å². The standard InChI is InChI=1S/C17H23NO3/c1-4-14(10-13-8-6-5-7-9-13)16(19)18-15(12(2)3)11-21-17(18)20/h5-9,12,14-15H,4,10-11H2,1-3H3/t14-,15-/m1/s1. The van der Waals surface area contributed by atoms with Crippen LogP contribution in [0.2, 0.25) is 0 Å². The Balaban J connectivity index is 2.13. The molecule has 2 amide bonds. The zero-order chi connectivity index (χ0) is 15.4. The van der Waals surface area contributed by atoms with E-state index in [4.69, 9.17) is 4.74 Å². The molecule has 1 heterocycles. The first-order valence-corrected chi connectivity index (χ1v) is 7.58. The highest BCUT2D eigenvalue weighted by Gasteiger charge is 2.41. The van der Waals surface area contributed by atoms with E-state index in [0.29, 0.717) is 19.4 Å². The van der Waals surface area contributed by atoms with Crippen LogP contribution in [0.25, 0.3) is 0 Å². The number of imide groups is 1. The minimum absolute atomic E-state index is 0.109. The van der Waals surface area contributed by atoms with Gasteiger partial charge in [0, 0.05) is 5.92 Å². The summed E-state index contributed by atoms with van der Waals surface area (Å²) < 4.78 is 5.07. The van der Waals surface area contributed by atoms with Crippen molar-refractivity contribution in [3.63, 3.8) is 0 Å². The van der Waals surface area contributed by atoms with Crippen LogP contribution in [0.4, 0.5) is 4.79 Å². The second-order valence-electron chi connectivity index (χ2n) is 5.89. The minimum Gasteiger partial charge on any atom is -0.447 e. The summed E-state index contributed by atoms with van der Waals surface area (Å²) in [6, 6.07) is 9.77. The number of cyclic esters (lactones) is 1. The Labute approximate surface area is 126 Å². The van der Waals surface area contributed by atoms with E-state index >= 15 is 0 Å². The summed E-state index contributed by atoms with van der Waals surface area (Å²) in [4.78, 5) is 26.0. The smallest absolute Gasteiger partial charge is 0.416 e. The summed E-state index contributed by atoms with van der Waals surface area (Å²) in [5, 5.41) is 0. The second kappa shape index (κ2) is 6.74. The van der Waals surface area contributed by atoms with Gasteiger partial charge in [-0.3, -0.25) is 4.79 Å². The van der Waals surface area contributed by atoms with Crippen molar-refractivity contribution in [1.82, 2.24) is 4.90 Å². The highest BCUT2D eigenvalue weighted by molar-refractivity contribution is 5.94. The van der Waals surface area contributed by atoms with E-state index in [2.05, 4.69) is 0 Å². The summed E-state index contributed by atoms with van der Waals surface area (Å²) >= 11 is 0. The lowest BCUT2D eigenvalue weighted by molar-refractivity contribution is -0.134. The molecule has 1 aromatic rings. The number of benzene rings is 1. The summed E-state index contributed by atoms with van der Waals surface area (Å²) in [7, 11) is 0. The lowest BCUT2D eigenvalue weighted by Gasteiger charge is -2.26. The number of nitrogens with zero attached hydrogens (tertiary/aromatic N) is 1. The molecule has 114 valence electrons. The van der Waals surface area contributed by atoms with E-state index in [1.807, 2.05) is 51.1 Å². The predicted octanol–water partition coefficient (Wildman–Crippen LogP) is 3.26. The monoisotopic (exact) mass is 289 g/mol. The number of ether oxygens (including phenoxy) is 1. The Morgan fingerprint density at radius 1 is 1.33 bits per heavy atom. The Morgan fingerprint density at radius 2 is 2.00 bits per heavy atom. The topological polar surface area (TPSA) is 46.6 Å². The van der Waals surface area contributed by atoms with Crippen LogP contribution in [0.3, 0.4) is 0 Å². The van der Waals surface area contributed by atoms with Crippen LogP contribution in [0.1, 0.15) is 32.8 Å². The molecule has 0 aromatic heterocycles. The molecule has 2 rings (SSSR count). The number of hydrogen-bond acceptors (Lipinski definition) is 3. The molecule has 0 radical (unpaired) electrons. The normalized spacial score (nSPS) is 19.7. The van der Waals surface area contributed by atoms with Gasteiger partial charge in [0.05, 0.1) is 6.04 Å². The van der Waals surface area contributed by atoms with Gasteiger partial charge in [0.1, 0.15) is 6.61 Å². The minimum atomic E-state index is -0.495. The maximum Gasteiger partial charge on any atom is 0.416 e. The fourth-order valence-corrected chi connectivity index (χ4v) is 2.68. The summed E-state index contributed by atoms with van der Waals surface area (Å²) in [6.07, 6.45) is 0.873. The Hall–Kier alpha value is -1.84. The Bertz CT molecular complexity index is 498. The molecule has 0 N–H and O–H groups in total. The van der Waals surface area contributed by atoms with Crippen LogP contribution >= 0.6 is 0 Å². The summed E-state index contributed by atoms with van der Waals surface area (Å²) in [6.45, 7) is 6.30. The van der Waals surface area contributed by atoms with Crippen molar-refractivity contribution in [2.45, 2.75) is 39.7 Å². The molecule has 1 fully saturated rings. The van der Waals surface area contributed by atoms with Crippen LogP contribution in [0, 0.1) is 11.8 Å². The van der Waals surface area contributed by atoms with Gasteiger partial charge in [-0.2, -0.15) is 0 Å². The lowest BCUT2D eigenvalue weighted by Crippen LogP contribution is -2.45. The van der Waals surface area contributed by atoms with Gasteiger partial charge in [-0.05, 0) is 24.3 Å². The summed E-state index contributed by atoms with van der Waals surface area (Å²) in [5.74, 6) is -0.0866. The van der Waals surface area contributed by atoms with Gasteiger partial charge in [-0.25, -0.2) is 9.69 Å². The third kappa shape index (κ3) is 3.43. The average molecular weight is 289 g/mol. The van der Waals surface area contributed by atoms with Crippen LogP contribution in [-0.4, -0.2) is 29.5 Å². The SMILES string of the molecule is CC[C@H](Cc1ccccc1)C(=O)N1C(=O)OC[C@@H]1C(C)C. The van der Waals surface area contributed by atoms with Crippen molar-refractivity contribution in [3.05, 3.63) is 35.9 Å². The molecule has 21 heavy (non-hydrogen) atoms. The van der Waals surface area contributed by atoms with Crippen LogP contribution in [0.5, 0.6) is 0 Å². The molecule has 1 saturated heterocycles. The first-order chi connectivity index (χ1) is 10.0. The van der Waals surface area contributed by atoms with Crippen LogP contribution in [0.15, 0.2) is 30.3 Å². The van der Waals surface area contributed by atoms with Gasteiger partial charge in [-0.1, -0.05) is 51.1 Å². The fraction of sp³-hybridized carbons (Fsp3) is 0.529. The van der Waals surface area contributed by atoms with Crippen LogP contribution in [-0.2, 0) is 16.0 Å². The molecular weight excluding hydrogens is 266 g/mol. The molecule has 2 atom stereocenters. The average Bonchev–Trinajstić information content (AvgIpc) is 2.87. The largest absolute Gasteiger partial charge is 0.447 e.